The van der Waals surface area contributed by atoms with E-state index in [4.69, 9.17) is 4.74 Å². The van der Waals surface area contributed by atoms with Crippen molar-refractivity contribution < 1.29 is 9.53 Å². The third-order valence-corrected chi connectivity index (χ3v) is 2.89. The summed E-state index contributed by atoms with van der Waals surface area (Å²) in [5.41, 5.74) is 5.08. The zero-order valence-electron chi connectivity index (χ0n) is 11.5. The predicted molar refractivity (Wildman–Crippen MR) is 79.2 cm³/mol. The van der Waals surface area contributed by atoms with Crippen LogP contribution in [0.4, 0.5) is 0 Å². The van der Waals surface area contributed by atoms with Crippen LogP contribution in [0.1, 0.15) is 21.5 Å². The first-order valence-electron chi connectivity index (χ1n) is 6.24. The molecule has 1 N–H and O–H groups in total. The number of hydrogen-bond donors (Lipinski definition) is 1. The molecule has 0 fully saturated rings. The van der Waals surface area contributed by atoms with Crippen molar-refractivity contribution in [2.45, 2.75) is 6.92 Å². The third kappa shape index (κ3) is 3.45. The third-order valence-electron chi connectivity index (χ3n) is 2.89. The largest absolute Gasteiger partial charge is 0.497 e. The number of nitrogens with zero attached hydrogens (tertiary/aromatic N) is 1. The number of hydrogen-bond acceptors (Lipinski definition) is 3. The predicted octanol–water partition coefficient (Wildman–Crippen LogP) is 2.77. The smallest absolute Gasteiger partial charge is 0.271 e. The number of rotatable bonds is 4. The number of amides is 1. The lowest BCUT2D eigenvalue weighted by Crippen LogP contribution is -2.17. The molecule has 0 radical (unpaired) electrons. The molecule has 0 aliphatic rings. The van der Waals surface area contributed by atoms with Crippen LogP contribution in [0.2, 0.25) is 0 Å². The Balaban J connectivity index is 2.03. The quantitative estimate of drug-likeness (QED) is 0.684. The van der Waals surface area contributed by atoms with E-state index in [1.165, 1.54) is 0 Å². The fourth-order valence-electron chi connectivity index (χ4n) is 1.72. The van der Waals surface area contributed by atoms with Gasteiger partial charge in [0, 0.05) is 5.56 Å². The number of hydrazone groups is 1. The summed E-state index contributed by atoms with van der Waals surface area (Å²) in [6.45, 7) is 1.99. The highest BCUT2D eigenvalue weighted by Crippen LogP contribution is 2.12. The van der Waals surface area contributed by atoms with Crippen molar-refractivity contribution in [3.8, 4) is 5.75 Å². The summed E-state index contributed by atoms with van der Waals surface area (Å²) in [5, 5.41) is 3.97. The van der Waals surface area contributed by atoms with Gasteiger partial charge >= 0.3 is 0 Å². The van der Waals surface area contributed by atoms with E-state index in [0.717, 1.165) is 11.1 Å². The van der Waals surface area contributed by atoms with Gasteiger partial charge in [0.05, 0.1) is 13.3 Å². The molecule has 0 aliphatic carbocycles. The van der Waals surface area contributed by atoms with Crippen LogP contribution in [0.25, 0.3) is 0 Å². The van der Waals surface area contributed by atoms with E-state index in [1.807, 2.05) is 31.2 Å². The topological polar surface area (TPSA) is 50.7 Å². The summed E-state index contributed by atoms with van der Waals surface area (Å²) < 4.78 is 5.08. The van der Waals surface area contributed by atoms with E-state index >= 15 is 0 Å². The van der Waals surface area contributed by atoms with Gasteiger partial charge < -0.3 is 4.74 Å². The number of ether oxygens (including phenoxy) is 1. The lowest BCUT2D eigenvalue weighted by atomic mass is 10.1. The number of methoxy groups -OCH3 is 1. The number of carbonyl (C=O) groups is 1. The maximum Gasteiger partial charge on any atom is 0.271 e. The van der Waals surface area contributed by atoms with Gasteiger partial charge in [0.1, 0.15) is 5.75 Å². The summed E-state index contributed by atoms with van der Waals surface area (Å²) >= 11 is 0. The fourth-order valence-corrected chi connectivity index (χ4v) is 1.72. The van der Waals surface area contributed by atoms with Gasteiger partial charge in [-0.1, -0.05) is 30.3 Å². The lowest BCUT2D eigenvalue weighted by molar-refractivity contribution is 0.0955. The van der Waals surface area contributed by atoms with Crippen molar-refractivity contribution in [2.24, 2.45) is 5.10 Å². The maximum absolute atomic E-state index is 11.9. The van der Waals surface area contributed by atoms with Crippen LogP contribution < -0.4 is 10.2 Å². The zero-order valence-corrected chi connectivity index (χ0v) is 11.5. The summed E-state index contributed by atoms with van der Waals surface area (Å²) in [6, 6.07) is 14.7. The first kappa shape index (κ1) is 13.8. The van der Waals surface area contributed by atoms with Crippen molar-refractivity contribution >= 4 is 12.1 Å². The molecule has 0 saturated heterocycles. The van der Waals surface area contributed by atoms with Crippen LogP contribution in [0.3, 0.4) is 0 Å². The molecule has 4 nitrogen and oxygen atoms in total. The van der Waals surface area contributed by atoms with Gasteiger partial charge in [-0.25, -0.2) is 5.43 Å². The Morgan fingerprint density at radius 3 is 2.75 bits per heavy atom. The molecule has 0 atom stereocenters. The molecular formula is C16H16N2O2. The fraction of sp³-hybridized carbons (Fsp3) is 0.125. The van der Waals surface area contributed by atoms with E-state index < -0.39 is 0 Å². The van der Waals surface area contributed by atoms with Gasteiger partial charge in [0.2, 0.25) is 0 Å². The molecule has 2 rings (SSSR count). The van der Waals surface area contributed by atoms with Crippen molar-refractivity contribution in [1.82, 2.24) is 5.43 Å². The number of carbonyl (C=O) groups excluding carboxylic acids is 1. The molecule has 0 unspecified atom stereocenters. The molecule has 2 aromatic carbocycles. The van der Waals surface area contributed by atoms with Crippen molar-refractivity contribution in [3.05, 3.63) is 65.2 Å². The van der Waals surface area contributed by atoms with Gasteiger partial charge in [-0.3, -0.25) is 4.79 Å². The van der Waals surface area contributed by atoms with E-state index in [2.05, 4.69) is 10.5 Å². The average molecular weight is 268 g/mol. The highest BCUT2D eigenvalue weighted by molar-refractivity contribution is 5.95. The molecule has 0 aromatic heterocycles. The molecule has 0 spiro atoms. The normalized spacial score (nSPS) is 10.5. The average Bonchev–Trinajstić information content (AvgIpc) is 2.49. The first-order chi connectivity index (χ1) is 9.70. The van der Waals surface area contributed by atoms with Gasteiger partial charge in [-0.15, -0.1) is 0 Å². The molecule has 4 heteroatoms. The van der Waals surface area contributed by atoms with Crippen LogP contribution in [-0.2, 0) is 0 Å². The molecule has 0 heterocycles. The van der Waals surface area contributed by atoms with Gasteiger partial charge in [-0.2, -0.15) is 5.10 Å². The number of benzene rings is 2. The van der Waals surface area contributed by atoms with E-state index in [-0.39, 0.29) is 5.91 Å². The molecule has 0 bridgehead atoms. The Morgan fingerprint density at radius 2 is 2.00 bits per heavy atom. The highest BCUT2D eigenvalue weighted by atomic mass is 16.5. The highest BCUT2D eigenvalue weighted by Gasteiger charge is 2.04. The molecule has 1 amide bonds. The lowest BCUT2D eigenvalue weighted by Gasteiger charge is -2.03. The Bertz CT molecular complexity index is 636. The van der Waals surface area contributed by atoms with Crippen molar-refractivity contribution in [3.63, 3.8) is 0 Å². The Labute approximate surface area is 118 Å². The molecule has 0 saturated carbocycles. The Hall–Kier alpha value is -2.62. The van der Waals surface area contributed by atoms with Crippen LogP contribution in [0.15, 0.2) is 53.6 Å². The summed E-state index contributed by atoms with van der Waals surface area (Å²) in [7, 11) is 1.56. The van der Waals surface area contributed by atoms with E-state index in [1.54, 1.807) is 37.6 Å². The van der Waals surface area contributed by atoms with Gasteiger partial charge in [0.15, 0.2) is 0 Å². The Morgan fingerprint density at radius 1 is 1.20 bits per heavy atom. The van der Waals surface area contributed by atoms with E-state index in [9.17, 15) is 4.79 Å². The maximum atomic E-state index is 11.9. The Kier molecular flexibility index (Phi) is 4.50. The molecule has 102 valence electrons. The molecule has 2 aromatic rings. The summed E-state index contributed by atoms with van der Waals surface area (Å²) in [6.07, 6.45) is 1.63. The zero-order chi connectivity index (χ0) is 14.4. The van der Waals surface area contributed by atoms with Crippen molar-refractivity contribution in [1.29, 1.82) is 0 Å². The second-order valence-corrected chi connectivity index (χ2v) is 4.29. The number of aryl methyl sites for hydroxylation is 1. The summed E-state index contributed by atoms with van der Waals surface area (Å²) in [4.78, 5) is 11.9. The molecular weight excluding hydrogens is 252 g/mol. The van der Waals surface area contributed by atoms with Crippen LogP contribution in [0.5, 0.6) is 5.75 Å². The second-order valence-electron chi connectivity index (χ2n) is 4.29. The summed E-state index contributed by atoms with van der Waals surface area (Å²) in [5.74, 6) is 0.370. The van der Waals surface area contributed by atoms with Gasteiger partial charge in [-0.05, 0) is 36.2 Å². The van der Waals surface area contributed by atoms with Crippen LogP contribution >= 0.6 is 0 Å². The van der Waals surface area contributed by atoms with Crippen LogP contribution in [0, 0.1) is 6.92 Å². The number of nitrogens with one attached hydrogen (secondary N) is 1. The SMILES string of the molecule is COc1cccc(C(=O)N/N=C\c2ccccc2C)c1. The van der Waals surface area contributed by atoms with Gasteiger partial charge in [0.25, 0.3) is 5.91 Å². The minimum Gasteiger partial charge on any atom is -0.497 e. The molecule has 20 heavy (non-hydrogen) atoms. The standard InChI is InChI=1S/C16H16N2O2/c1-12-6-3-4-7-14(12)11-17-18-16(19)13-8-5-9-15(10-13)20-2/h3-11H,1-2H3,(H,18,19)/b17-11-. The monoisotopic (exact) mass is 268 g/mol. The minimum absolute atomic E-state index is 0.270. The minimum atomic E-state index is -0.270. The van der Waals surface area contributed by atoms with Crippen molar-refractivity contribution in [2.75, 3.05) is 7.11 Å². The second kappa shape index (κ2) is 6.52. The van der Waals surface area contributed by atoms with E-state index in [0.29, 0.717) is 11.3 Å². The first-order valence-corrected chi connectivity index (χ1v) is 6.24. The van der Waals surface area contributed by atoms with Crippen LogP contribution in [-0.4, -0.2) is 19.2 Å². The molecule has 0 aliphatic heterocycles.